The van der Waals surface area contributed by atoms with Gasteiger partial charge < -0.3 is 15.2 Å². The van der Waals surface area contributed by atoms with Crippen molar-refractivity contribution in [2.45, 2.75) is 88.6 Å². The van der Waals surface area contributed by atoms with Crippen molar-refractivity contribution in [3.8, 4) is 0 Å². The summed E-state index contributed by atoms with van der Waals surface area (Å²) in [4.78, 5) is 30.5. The number of imidazole rings is 1. The minimum Gasteiger partial charge on any atom is -0.364 e. The molecule has 13 heteroatoms. The molecule has 3 saturated carbocycles. The molecule has 1 unspecified atom stereocenters. The highest BCUT2D eigenvalue weighted by molar-refractivity contribution is 5.95. The van der Waals surface area contributed by atoms with Crippen LogP contribution in [0.5, 0.6) is 0 Å². The maximum Gasteiger partial charge on any atom is 0.257 e. The smallest absolute Gasteiger partial charge is 0.257 e. The first-order valence-corrected chi connectivity index (χ1v) is 14.1. The molecule has 0 radical (unpaired) electrons. The molecule has 0 bridgehead atoms. The van der Waals surface area contributed by atoms with Crippen molar-refractivity contribution < 1.29 is 31.7 Å². The van der Waals surface area contributed by atoms with Gasteiger partial charge in [0.25, 0.3) is 5.91 Å². The minimum atomic E-state index is -2.73. The number of fused-ring (bicyclic) bond motifs is 1. The summed E-state index contributed by atoms with van der Waals surface area (Å²) in [5.74, 6) is -6.44. The molecule has 41 heavy (non-hydrogen) atoms. The molecule has 3 aromatic rings. The topological polar surface area (TPSA) is 114 Å². The van der Waals surface area contributed by atoms with E-state index in [9.17, 15) is 27.2 Å². The van der Waals surface area contributed by atoms with Crippen molar-refractivity contribution in [2.75, 3.05) is 0 Å². The van der Waals surface area contributed by atoms with Crippen LogP contribution in [0, 0.1) is 24.7 Å². The second kappa shape index (κ2) is 10.4. The lowest BCUT2D eigenvalue weighted by Crippen LogP contribution is -2.39. The molecule has 3 aliphatic rings. The number of rotatable bonds is 9. The van der Waals surface area contributed by atoms with Crippen LogP contribution in [0.25, 0.3) is 5.65 Å². The number of nitrogens with zero attached hydrogens (tertiary/aromatic N) is 4. The van der Waals surface area contributed by atoms with Gasteiger partial charge in [-0.25, -0.2) is 27.1 Å². The predicted octanol–water partition coefficient (Wildman–Crippen LogP) is 5.33. The Hall–Kier alpha value is -3.51. The van der Waals surface area contributed by atoms with E-state index in [1.165, 1.54) is 6.26 Å². The van der Waals surface area contributed by atoms with E-state index in [4.69, 9.17) is 9.51 Å². The van der Waals surface area contributed by atoms with E-state index in [-0.39, 0.29) is 80.2 Å². The monoisotopic (exact) mass is 576 g/mol. The average Bonchev–Trinajstić information content (AvgIpc) is 3.50. The zero-order chi connectivity index (χ0) is 28.9. The van der Waals surface area contributed by atoms with Crippen molar-refractivity contribution in [3.63, 3.8) is 0 Å². The van der Waals surface area contributed by atoms with Crippen LogP contribution < -0.4 is 10.6 Å². The van der Waals surface area contributed by atoms with Crippen molar-refractivity contribution in [1.29, 1.82) is 0 Å². The van der Waals surface area contributed by atoms with Crippen molar-refractivity contribution in [1.82, 2.24) is 30.4 Å². The Morgan fingerprint density at radius 3 is 2.39 bits per heavy atom. The van der Waals surface area contributed by atoms with Gasteiger partial charge in [0.05, 0.1) is 35.9 Å². The van der Waals surface area contributed by atoms with E-state index in [1.54, 1.807) is 23.8 Å². The van der Waals surface area contributed by atoms with E-state index in [2.05, 4.69) is 20.9 Å². The van der Waals surface area contributed by atoms with Crippen LogP contribution in [0.15, 0.2) is 29.2 Å². The summed E-state index contributed by atoms with van der Waals surface area (Å²) in [5.41, 5.74) is 2.40. The summed E-state index contributed by atoms with van der Waals surface area (Å²) in [6.45, 7) is 1.64. The number of hydrogen-bond acceptors (Lipinski definition) is 6. The zero-order valence-electron chi connectivity index (χ0n) is 22.6. The number of amides is 2. The second-order valence-electron chi connectivity index (χ2n) is 11.9. The number of carbonyl (C=O) groups excluding carboxylic acids is 2. The van der Waals surface area contributed by atoms with Gasteiger partial charge in [-0.3, -0.25) is 9.59 Å². The third-order valence-corrected chi connectivity index (χ3v) is 8.61. The quantitative estimate of drug-likeness (QED) is 0.333. The number of halogens is 4. The fourth-order valence-corrected chi connectivity index (χ4v) is 6.11. The number of carbonyl (C=O) groups is 2. The zero-order valence-corrected chi connectivity index (χ0v) is 22.6. The fourth-order valence-electron chi connectivity index (χ4n) is 6.11. The van der Waals surface area contributed by atoms with E-state index < -0.39 is 23.8 Å². The molecule has 0 aromatic carbocycles. The Kier molecular flexibility index (Phi) is 7.01. The normalized spacial score (nSPS) is 22.2. The number of hydrogen-bond donors (Lipinski definition) is 2. The summed E-state index contributed by atoms with van der Waals surface area (Å²) in [5, 5.41) is 14.2. The lowest BCUT2D eigenvalue weighted by molar-refractivity contribution is -0.134. The minimum absolute atomic E-state index is 0.0650. The van der Waals surface area contributed by atoms with Gasteiger partial charge in [0.15, 0.2) is 5.65 Å². The van der Waals surface area contributed by atoms with Crippen LogP contribution in [-0.4, -0.2) is 43.4 Å². The molecule has 0 saturated heterocycles. The molecule has 2 N–H and O–H groups in total. The number of aromatic nitrogens is 4. The Balaban J connectivity index is 1.23. The SMILES string of the molecule is Cc1nocc1C(=O)N[C@H](c1cn2ncc(C(NC(=O)CC3CC(F)(F)C3)C3CC3)cc2n1)C1CCC(F)(F)CC1. The van der Waals surface area contributed by atoms with Crippen LogP contribution in [0.2, 0.25) is 0 Å². The molecular formula is C28H32F4N6O3. The molecule has 0 aliphatic heterocycles. The molecule has 2 atom stereocenters. The van der Waals surface area contributed by atoms with Gasteiger partial charge in [0.2, 0.25) is 17.8 Å². The summed E-state index contributed by atoms with van der Waals surface area (Å²) in [6.07, 6.45) is 5.88. The average molecular weight is 577 g/mol. The van der Waals surface area contributed by atoms with E-state index in [0.717, 1.165) is 18.4 Å². The Morgan fingerprint density at radius 2 is 1.76 bits per heavy atom. The first-order valence-electron chi connectivity index (χ1n) is 14.1. The Morgan fingerprint density at radius 1 is 1.05 bits per heavy atom. The molecule has 220 valence electrons. The molecule has 3 aromatic heterocycles. The predicted molar refractivity (Wildman–Crippen MR) is 137 cm³/mol. The molecule has 6 rings (SSSR count). The van der Waals surface area contributed by atoms with Gasteiger partial charge in [0.1, 0.15) is 11.8 Å². The van der Waals surface area contributed by atoms with E-state index in [0.29, 0.717) is 17.0 Å². The number of aryl methyl sites for hydroxylation is 1. The molecule has 0 spiro atoms. The van der Waals surface area contributed by atoms with Crippen molar-refractivity contribution >= 4 is 17.5 Å². The molecule has 9 nitrogen and oxygen atoms in total. The standard InChI is InChI=1S/C28H32F4N6O3/c1-15-20(14-41-37-15)26(40)36-25(18-4-6-27(29,30)7-5-18)21-13-38-22(34-21)9-19(12-33-38)24(17-2-3-17)35-23(39)8-16-10-28(31,32)11-16/h9,12-14,16-18,24-25H,2-8,10-11H2,1H3,(H,35,39)(H,36,40)/t24?,25-/m0/s1. The molecule has 2 amide bonds. The maximum atomic E-state index is 14.0. The largest absolute Gasteiger partial charge is 0.364 e. The van der Waals surface area contributed by atoms with Crippen LogP contribution in [-0.2, 0) is 4.79 Å². The van der Waals surface area contributed by atoms with Crippen LogP contribution >= 0.6 is 0 Å². The van der Waals surface area contributed by atoms with Gasteiger partial charge in [-0.1, -0.05) is 5.16 Å². The van der Waals surface area contributed by atoms with E-state index in [1.807, 2.05) is 6.07 Å². The summed E-state index contributed by atoms with van der Waals surface area (Å²) in [6, 6.07) is 0.862. The van der Waals surface area contributed by atoms with Gasteiger partial charge in [0, 0.05) is 32.1 Å². The Labute approximate surface area is 233 Å². The lowest BCUT2D eigenvalue weighted by Gasteiger charge is -2.34. The fraction of sp³-hybridized carbons (Fsp3) is 0.607. The first kappa shape index (κ1) is 27.6. The highest BCUT2D eigenvalue weighted by Crippen LogP contribution is 2.45. The third-order valence-electron chi connectivity index (χ3n) is 8.61. The summed E-state index contributed by atoms with van der Waals surface area (Å²) < 4.78 is 60.8. The second-order valence-corrected chi connectivity index (χ2v) is 11.9. The highest BCUT2D eigenvalue weighted by atomic mass is 19.3. The van der Waals surface area contributed by atoms with Crippen molar-refractivity contribution in [3.05, 3.63) is 47.2 Å². The van der Waals surface area contributed by atoms with Crippen molar-refractivity contribution in [2.24, 2.45) is 17.8 Å². The Bertz CT molecular complexity index is 1430. The third kappa shape index (κ3) is 6.08. The lowest BCUT2D eigenvalue weighted by atomic mass is 9.79. The molecule has 3 aliphatic carbocycles. The van der Waals surface area contributed by atoms with Crippen LogP contribution in [0.4, 0.5) is 17.6 Å². The first-order chi connectivity index (χ1) is 19.5. The number of alkyl halides is 4. The van der Waals surface area contributed by atoms with Crippen LogP contribution in [0.1, 0.15) is 97.2 Å². The molecular weight excluding hydrogens is 544 g/mol. The van der Waals surface area contributed by atoms with Gasteiger partial charge in [-0.05, 0) is 62.0 Å². The number of nitrogens with one attached hydrogen (secondary N) is 2. The van der Waals surface area contributed by atoms with Gasteiger partial charge in [-0.15, -0.1) is 0 Å². The van der Waals surface area contributed by atoms with E-state index >= 15 is 0 Å². The van der Waals surface area contributed by atoms with Gasteiger partial charge in [-0.2, -0.15) is 5.10 Å². The van der Waals surface area contributed by atoms with Gasteiger partial charge >= 0.3 is 0 Å². The molecule has 3 fully saturated rings. The molecule has 3 heterocycles. The highest BCUT2D eigenvalue weighted by Gasteiger charge is 2.46. The van der Waals surface area contributed by atoms with Crippen LogP contribution in [0.3, 0.4) is 0 Å². The summed E-state index contributed by atoms with van der Waals surface area (Å²) >= 11 is 0. The summed E-state index contributed by atoms with van der Waals surface area (Å²) in [7, 11) is 0. The maximum absolute atomic E-state index is 14.0.